The second-order valence-corrected chi connectivity index (χ2v) is 3.83. The molecular formula is C11H20N2O5. The third-order valence-electron chi connectivity index (χ3n) is 2.39. The molecule has 0 rings (SSSR count). The van der Waals surface area contributed by atoms with Crippen LogP contribution in [-0.4, -0.2) is 60.6 Å². The summed E-state index contributed by atoms with van der Waals surface area (Å²) in [5.74, 6) is -1.61. The number of carboxylic acids is 1. The van der Waals surface area contributed by atoms with E-state index in [4.69, 9.17) is 9.84 Å². The number of methoxy groups -OCH3 is 1. The summed E-state index contributed by atoms with van der Waals surface area (Å²) in [5.41, 5.74) is 0. The summed E-state index contributed by atoms with van der Waals surface area (Å²) in [7, 11) is 1.47. The smallest absolute Gasteiger partial charge is 0.326 e. The first-order valence-corrected chi connectivity index (χ1v) is 5.65. The molecule has 0 aliphatic heterocycles. The number of nitrogens with one attached hydrogen (secondary N) is 1. The molecule has 0 aliphatic rings. The minimum atomic E-state index is -1.08. The number of rotatable bonds is 8. The summed E-state index contributed by atoms with van der Waals surface area (Å²) in [4.78, 5) is 34.6. The van der Waals surface area contributed by atoms with E-state index in [1.807, 2.05) is 0 Å². The Morgan fingerprint density at radius 3 is 2.44 bits per heavy atom. The van der Waals surface area contributed by atoms with Crippen molar-refractivity contribution in [1.29, 1.82) is 0 Å². The average molecular weight is 260 g/mol. The third-order valence-corrected chi connectivity index (χ3v) is 2.39. The Balaban J connectivity index is 4.46. The highest BCUT2D eigenvalue weighted by molar-refractivity contribution is 5.83. The van der Waals surface area contributed by atoms with Crippen molar-refractivity contribution in [3.05, 3.63) is 0 Å². The van der Waals surface area contributed by atoms with Gasteiger partial charge in [0.2, 0.25) is 11.8 Å². The maximum absolute atomic E-state index is 11.8. The van der Waals surface area contributed by atoms with E-state index in [9.17, 15) is 14.4 Å². The highest BCUT2D eigenvalue weighted by atomic mass is 16.5. The molecule has 1 unspecified atom stereocenters. The van der Waals surface area contributed by atoms with Gasteiger partial charge in [-0.05, 0) is 6.92 Å². The molecule has 0 aromatic carbocycles. The van der Waals surface area contributed by atoms with E-state index in [0.29, 0.717) is 0 Å². The number of carbonyl (C=O) groups excluding carboxylic acids is 2. The van der Waals surface area contributed by atoms with Crippen LogP contribution in [0, 0.1) is 0 Å². The molecule has 0 spiro atoms. The molecule has 18 heavy (non-hydrogen) atoms. The number of hydrogen-bond acceptors (Lipinski definition) is 4. The lowest BCUT2D eigenvalue weighted by atomic mass is 10.2. The number of ether oxygens (including phenoxy) is 1. The van der Waals surface area contributed by atoms with E-state index in [2.05, 4.69) is 5.32 Å². The number of hydrogen-bond donors (Lipinski definition) is 2. The van der Waals surface area contributed by atoms with Gasteiger partial charge < -0.3 is 20.1 Å². The predicted octanol–water partition coefficient (Wildman–Crippen LogP) is -0.539. The van der Waals surface area contributed by atoms with Gasteiger partial charge in [-0.3, -0.25) is 9.59 Å². The summed E-state index contributed by atoms with van der Waals surface area (Å²) in [6, 6.07) is -0.928. The number of aliphatic carboxylic acids is 1. The largest absolute Gasteiger partial charge is 0.480 e. The summed E-state index contributed by atoms with van der Waals surface area (Å²) in [6.07, 6.45) is 0.119. The number of carboxylic acid groups (broad SMARTS) is 1. The second-order valence-electron chi connectivity index (χ2n) is 3.83. The van der Waals surface area contributed by atoms with Gasteiger partial charge in [0, 0.05) is 27.1 Å². The Morgan fingerprint density at radius 1 is 1.39 bits per heavy atom. The standard InChI is InChI=1S/C11H20N2O5/c1-8(11(16)17)13(6-5-12-9(2)14)10(15)4-7-18-3/h8H,4-7H2,1-3H3,(H,12,14)(H,16,17). The molecule has 0 aromatic rings. The highest BCUT2D eigenvalue weighted by Crippen LogP contribution is 2.02. The zero-order chi connectivity index (χ0) is 14.1. The molecule has 7 nitrogen and oxygen atoms in total. The van der Waals surface area contributed by atoms with Crippen LogP contribution in [0.5, 0.6) is 0 Å². The van der Waals surface area contributed by atoms with Crippen molar-refractivity contribution in [1.82, 2.24) is 10.2 Å². The van der Waals surface area contributed by atoms with Crippen LogP contribution in [0.1, 0.15) is 20.3 Å². The molecule has 2 amide bonds. The molecule has 7 heteroatoms. The quantitative estimate of drug-likeness (QED) is 0.611. The van der Waals surface area contributed by atoms with Crippen LogP contribution in [0.4, 0.5) is 0 Å². The van der Waals surface area contributed by atoms with E-state index in [0.717, 1.165) is 0 Å². The molecule has 0 fully saturated rings. The fourth-order valence-electron chi connectivity index (χ4n) is 1.35. The summed E-state index contributed by atoms with van der Waals surface area (Å²) in [6.45, 7) is 3.42. The van der Waals surface area contributed by atoms with Crippen LogP contribution >= 0.6 is 0 Å². The van der Waals surface area contributed by atoms with Gasteiger partial charge >= 0.3 is 5.97 Å². The zero-order valence-electron chi connectivity index (χ0n) is 10.9. The summed E-state index contributed by atoms with van der Waals surface area (Å²) >= 11 is 0. The zero-order valence-corrected chi connectivity index (χ0v) is 10.9. The maximum atomic E-state index is 11.8. The summed E-state index contributed by atoms with van der Waals surface area (Å²) < 4.78 is 4.78. The molecule has 0 heterocycles. The van der Waals surface area contributed by atoms with Gasteiger partial charge in [-0.1, -0.05) is 0 Å². The van der Waals surface area contributed by atoms with Crippen molar-refractivity contribution >= 4 is 17.8 Å². The number of nitrogens with zero attached hydrogens (tertiary/aromatic N) is 1. The fraction of sp³-hybridized carbons (Fsp3) is 0.727. The van der Waals surface area contributed by atoms with Crippen LogP contribution in [0.25, 0.3) is 0 Å². The lowest BCUT2D eigenvalue weighted by Crippen LogP contribution is -2.47. The fourth-order valence-corrected chi connectivity index (χ4v) is 1.35. The van der Waals surface area contributed by atoms with Crippen molar-refractivity contribution in [2.75, 3.05) is 26.8 Å². The van der Waals surface area contributed by atoms with Crippen LogP contribution in [0.15, 0.2) is 0 Å². The molecular weight excluding hydrogens is 240 g/mol. The lowest BCUT2D eigenvalue weighted by molar-refractivity contribution is -0.149. The highest BCUT2D eigenvalue weighted by Gasteiger charge is 2.24. The normalized spacial score (nSPS) is 11.7. The minimum Gasteiger partial charge on any atom is -0.480 e. The van der Waals surface area contributed by atoms with Crippen molar-refractivity contribution < 1.29 is 24.2 Å². The minimum absolute atomic E-state index is 0.119. The van der Waals surface area contributed by atoms with Crippen molar-refractivity contribution in [2.45, 2.75) is 26.3 Å². The monoisotopic (exact) mass is 260 g/mol. The lowest BCUT2D eigenvalue weighted by Gasteiger charge is -2.26. The maximum Gasteiger partial charge on any atom is 0.326 e. The first-order valence-electron chi connectivity index (χ1n) is 5.65. The van der Waals surface area contributed by atoms with Gasteiger partial charge in [0.25, 0.3) is 0 Å². The molecule has 0 saturated carbocycles. The Kier molecular flexibility index (Phi) is 7.69. The molecule has 104 valence electrons. The van der Waals surface area contributed by atoms with E-state index in [1.165, 1.54) is 25.9 Å². The Morgan fingerprint density at radius 2 is 2.00 bits per heavy atom. The Labute approximate surface area is 106 Å². The summed E-state index contributed by atoms with van der Waals surface area (Å²) in [5, 5.41) is 11.4. The van der Waals surface area contributed by atoms with Crippen molar-refractivity contribution in [3.63, 3.8) is 0 Å². The molecule has 0 aromatic heterocycles. The van der Waals surface area contributed by atoms with Crippen molar-refractivity contribution in [3.8, 4) is 0 Å². The van der Waals surface area contributed by atoms with Crippen LogP contribution in [0.2, 0.25) is 0 Å². The molecule has 0 bridgehead atoms. The SMILES string of the molecule is COCCC(=O)N(CCNC(C)=O)C(C)C(=O)O. The van der Waals surface area contributed by atoms with Gasteiger partial charge in [-0.15, -0.1) is 0 Å². The topological polar surface area (TPSA) is 95.9 Å². The van der Waals surface area contributed by atoms with E-state index < -0.39 is 12.0 Å². The second kappa shape index (κ2) is 8.46. The molecule has 0 saturated heterocycles. The van der Waals surface area contributed by atoms with E-state index in [-0.39, 0.29) is 37.9 Å². The van der Waals surface area contributed by atoms with Gasteiger partial charge in [0.05, 0.1) is 13.0 Å². The molecule has 0 aliphatic carbocycles. The molecule has 1 atom stereocenters. The van der Waals surface area contributed by atoms with Gasteiger partial charge in [-0.2, -0.15) is 0 Å². The third kappa shape index (κ3) is 6.19. The van der Waals surface area contributed by atoms with Gasteiger partial charge in [0.1, 0.15) is 6.04 Å². The number of carbonyl (C=O) groups is 3. The Hall–Kier alpha value is -1.63. The average Bonchev–Trinajstić information content (AvgIpc) is 2.30. The van der Waals surface area contributed by atoms with Crippen LogP contribution in [0.3, 0.4) is 0 Å². The molecule has 2 N–H and O–H groups in total. The number of amides is 2. The van der Waals surface area contributed by atoms with Crippen molar-refractivity contribution in [2.24, 2.45) is 0 Å². The first-order chi connectivity index (χ1) is 8.40. The predicted molar refractivity (Wildman–Crippen MR) is 64.0 cm³/mol. The first kappa shape index (κ1) is 16.4. The van der Waals surface area contributed by atoms with Crippen LogP contribution < -0.4 is 5.32 Å². The van der Waals surface area contributed by atoms with Gasteiger partial charge in [-0.25, -0.2) is 4.79 Å². The molecule has 0 radical (unpaired) electrons. The van der Waals surface area contributed by atoms with Gasteiger partial charge in [0.15, 0.2) is 0 Å². The van der Waals surface area contributed by atoms with E-state index in [1.54, 1.807) is 0 Å². The Bertz CT molecular complexity index is 306. The van der Waals surface area contributed by atoms with E-state index >= 15 is 0 Å². The van der Waals surface area contributed by atoms with Crippen LogP contribution in [-0.2, 0) is 19.1 Å².